The highest BCUT2D eigenvalue weighted by Crippen LogP contribution is 2.24. The van der Waals surface area contributed by atoms with Crippen molar-refractivity contribution in [2.45, 2.75) is 6.92 Å². The molecule has 1 aromatic carbocycles. The van der Waals surface area contributed by atoms with E-state index in [4.69, 9.17) is 4.74 Å². The van der Waals surface area contributed by atoms with Gasteiger partial charge in [-0.2, -0.15) is 0 Å². The van der Waals surface area contributed by atoms with Crippen molar-refractivity contribution in [2.24, 2.45) is 0 Å². The van der Waals surface area contributed by atoms with Gasteiger partial charge in [0.1, 0.15) is 0 Å². The number of aryl methyl sites for hydroxylation is 1. The van der Waals surface area contributed by atoms with Gasteiger partial charge in [0.2, 0.25) is 0 Å². The van der Waals surface area contributed by atoms with Crippen molar-refractivity contribution < 1.29 is 4.74 Å². The first-order chi connectivity index (χ1) is 9.29. The molecule has 0 saturated heterocycles. The Morgan fingerprint density at radius 1 is 0.842 bits per heavy atom. The van der Waals surface area contributed by atoms with Crippen LogP contribution in [0.25, 0.3) is 10.4 Å². The Balaban J connectivity index is 0.000000163. The lowest BCUT2D eigenvalue weighted by molar-refractivity contribution is 0.427. The number of methoxy groups -OCH3 is 1. The largest absolute Gasteiger partial charge is 0.487 e. The molecule has 0 bridgehead atoms. The summed E-state index contributed by atoms with van der Waals surface area (Å²) in [6.07, 6.45) is 0. The number of hydrogen-bond donors (Lipinski definition) is 0. The van der Waals surface area contributed by atoms with Crippen LogP contribution in [-0.4, -0.2) is 7.11 Å². The van der Waals surface area contributed by atoms with Crippen molar-refractivity contribution in [1.29, 1.82) is 0 Å². The van der Waals surface area contributed by atoms with E-state index < -0.39 is 0 Å². The van der Waals surface area contributed by atoms with E-state index in [2.05, 4.69) is 48.7 Å². The van der Waals surface area contributed by atoms with Crippen molar-refractivity contribution in [3.05, 3.63) is 64.9 Å². The fourth-order valence-corrected chi connectivity index (χ4v) is 2.82. The molecule has 0 aliphatic rings. The van der Waals surface area contributed by atoms with Gasteiger partial charge in [-0.15, -0.1) is 22.7 Å². The highest BCUT2D eigenvalue weighted by atomic mass is 32.1. The van der Waals surface area contributed by atoms with Gasteiger partial charge in [-0.25, -0.2) is 0 Å². The first-order valence-corrected chi connectivity index (χ1v) is 7.73. The molecule has 0 amide bonds. The molecule has 3 heteroatoms. The average molecular weight is 288 g/mol. The molecule has 0 spiro atoms. The average Bonchev–Trinajstić information content (AvgIpc) is 3.14. The van der Waals surface area contributed by atoms with Gasteiger partial charge in [-0.1, -0.05) is 35.9 Å². The van der Waals surface area contributed by atoms with Crippen molar-refractivity contribution in [3.63, 3.8) is 0 Å². The Labute approximate surface area is 122 Å². The fourth-order valence-electron chi connectivity index (χ4n) is 1.54. The van der Waals surface area contributed by atoms with Gasteiger partial charge in [0.15, 0.2) is 5.06 Å². The van der Waals surface area contributed by atoms with E-state index in [0.29, 0.717) is 0 Å². The van der Waals surface area contributed by atoms with E-state index in [-0.39, 0.29) is 0 Å². The molecule has 0 aliphatic carbocycles. The molecular weight excluding hydrogens is 272 g/mol. The van der Waals surface area contributed by atoms with E-state index in [1.807, 2.05) is 17.5 Å². The third-order valence-corrected chi connectivity index (χ3v) is 4.30. The second kappa shape index (κ2) is 7.12. The monoisotopic (exact) mass is 288 g/mol. The predicted octanol–water partition coefficient (Wildman–Crippen LogP) is 5.48. The zero-order valence-corrected chi connectivity index (χ0v) is 12.6. The lowest BCUT2D eigenvalue weighted by Crippen LogP contribution is -1.72. The summed E-state index contributed by atoms with van der Waals surface area (Å²) < 4.78 is 4.87. The normalized spacial score (nSPS) is 9.58. The zero-order chi connectivity index (χ0) is 13.5. The smallest absolute Gasteiger partial charge is 0.173 e. The summed E-state index contributed by atoms with van der Waals surface area (Å²) >= 11 is 3.38. The lowest BCUT2D eigenvalue weighted by Gasteiger charge is -1.96. The molecule has 0 fully saturated rings. The van der Waals surface area contributed by atoms with Gasteiger partial charge in [-0.05, 0) is 41.4 Å². The van der Waals surface area contributed by atoms with Crippen LogP contribution >= 0.6 is 22.7 Å². The third kappa shape index (κ3) is 4.23. The minimum absolute atomic E-state index is 0.972. The molecule has 19 heavy (non-hydrogen) atoms. The highest BCUT2D eigenvalue weighted by molar-refractivity contribution is 7.13. The number of thiophene rings is 2. The molecule has 3 rings (SSSR count). The Morgan fingerprint density at radius 3 is 2.00 bits per heavy atom. The van der Waals surface area contributed by atoms with Gasteiger partial charge < -0.3 is 4.74 Å². The summed E-state index contributed by atoms with van der Waals surface area (Å²) in [5, 5.41) is 5.06. The van der Waals surface area contributed by atoms with Crippen LogP contribution in [0.5, 0.6) is 5.06 Å². The summed E-state index contributed by atoms with van der Waals surface area (Å²) in [5.41, 5.74) is 2.63. The summed E-state index contributed by atoms with van der Waals surface area (Å²) in [5.74, 6) is 0. The molecule has 0 radical (unpaired) electrons. The first kappa shape index (κ1) is 13.8. The maximum Gasteiger partial charge on any atom is 0.173 e. The standard InChI is InChI=1S/C11H10S.C5H6OS/c1-9-4-6-10(7-5-9)11-3-2-8-12-11;1-6-5-3-2-4-7-5/h2-8H,1H3;2-4H,1H3. The van der Waals surface area contributed by atoms with Crippen molar-refractivity contribution in [3.8, 4) is 15.5 Å². The second-order valence-corrected chi connectivity index (χ2v) is 5.84. The molecule has 2 heterocycles. The molecule has 2 aromatic heterocycles. The third-order valence-electron chi connectivity index (χ3n) is 2.55. The quantitative estimate of drug-likeness (QED) is 0.606. The molecular formula is C16H16OS2. The summed E-state index contributed by atoms with van der Waals surface area (Å²) in [6.45, 7) is 2.11. The van der Waals surface area contributed by atoms with Crippen LogP contribution in [0.3, 0.4) is 0 Å². The Kier molecular flexibility index (Phi) is 5.19. The molecule has 1 nitrogen and oxygen atoms in total. The number of hydrogen-bond acceptors (Lipinski definition) is 3. The maximum atomic E-state index is 4.87. The summed E-state index contributed by atoms with van der Waals surface area (Å²) in [7, 11) is 1.67. The van der Waals surface area contributed by atoms with Gasteiger partial charge in [0.05, 0.1) is 7.11 Å². The van der Waals surface area contributed by atoms with Crippen LogP contribution < -0.4 is 4.74 Å². The van der Waals surface area contributed by atoms with Crippen LogP contribution in [0.15, 0.2) is 59.3 Å². The van der Waals surface area contributed by atoms with Crippen molar-refractivity contribution in [1.82, 2.24) is 0 Å². The molecule has 0 aliphatic heterocycles. The Bertz CT molecular complexity index is 566. The first-order valence-electron chi connectivity index (χ1n) is 5.97. The van der Waals surface area contributed by atoms with Crippen LogP contribution in [0.1, 0.15) is 5.56 Å². The van der Waals surface area contributed by atoms with E-state index in [1.54, 1.807) is 29.8 Å². The van der Waals surface area contributed by atoms with Crippen LogP contribution in [0.4, 0.5) is 0 Å². The summed E-state index contributed by atoms with van der Waals surface area (Å²) in [4.78, 5) is 1.34. The number of rotatable bonds is 2. The van der Waals surface area contributed by atoms with Gasteiger partial charge in [0.25, 0.3) is 0 Å². The van der Waals surface area contributed by atoms with Crippen molar-refractivity contribution >= 4 is 22.7 Å². The highest BCUT2D eigenvalue weighted by Gasteiger charge is 1.95. The molecule has 0 unspecified atom stereocenters. The number of benzene rings is 1. The predicted molar refractivity (Wildman–Crippen MR) is 85.4 cm³/mol. The number of ether oxygens (including phenoxy) is 1. The van der Waals surface area contributed by atoms with Gasteiger partial charge >= 0.3 is 0 Å². The van der Waals surface area contributed by atoms with E-state index in [0.717, 1.165) is 5.06 Å². The topological polar surface area (TPSA) is 9.23 Å². The Morgan fingerprint density at radius 2 is 1.53 bits per heavy atom. The zero-order valence-electron chi connectivity index (χ0n) is 11.0. The second-order valence-electron chi connectivity index (χ2n) is 3.98. The summed E-state index contributed by atoms with van der Waals surface area (Å²) in [6, 6.07) is 16.8. The lowest BCUT2D eigenvalue weighted by atomic mass is 10.1. The van der Waals surface area contributed by atoms with E-state index in [9.17, 15) is 0 Å². The fraction of sp³-hybridized carbons (Fsp3) is 0.125. The van der Waals surface area contributed by atoms with E-state index in [1.165, 1.54) is 16.0 Å². The minimum atomic E-state index is 0.972. The minimum Gasteiger partial charge on any atom is -0.487 e. The van der Waals surface area contributed by atoms with Crippen LogP contribution in [0, 0.1) is 6.92 Å². The maximum absolute atomic E-state index is 4.87. The molecule has 3 aromatic rings. The van der Waals surface area contributed by atoms with Crippen LogP contribution in [0.2, 0.25) is 0 Å². The molecule has 0 N–H and O–H groups in total. The van der Waals surface area contributed by atoms with Gasteiger partial charge in [0, 0.05) is 4.88 Å². The van der Waals surface area contributed by atoms with Crippen molar-refractivity contribution in [2.75, 3.05) is 7.11 Å². The molecule has 0 atom stereocenters. The molecule has 98 valence electrons. The van der Waals surface area contributed by atoms with E-state index >= 15 is 0 Å². The van der Waals surface area contributed by atoms with Crippen LogP contribution in [-0.2, 0) is 0 Å². The Hall–Kier alpha value is -1.58. The molecule has 0 saturated carbocycles. The van der Waals surface area contributed by atoms with Gasteiger partial charge in [-0.3, -0.25) is 0 Å². The SMILES string of the molecule is COc1cccs1.Cc1ccc(-c2cccs2)cc1.